The van der Waals surface area contributed by atoms with E-state index >= 15 is 0 Å². The third kappa shape index (κ3) is 2.03. The third-order valence-corrected chi connectivity index (χ3v) is 4.13. The molecule has 0 unspecified atom stereocenters. The van der Waals surface area contributed by atoms with Gasteiger partial charge in [0.2, 0.25) is 0 Å². The van der Waals surface area contributed by atoms with Crippen LogP contribution in [0.4, 0.5) is 0 Å². The topological polar surface area (TPSA) is 50.2 Å². The van der Waals surface area contributed by atoms with Crippen LogP contribution in [0, 0.1) is 3.57 Å². The molecule has 15 heavy (non-hydrogen) atoms. The molecular formula is C10H6INO2S. The average Bonchev–Trinajstić information content (AvgIpc) is 2.61. The van der Waals surface area contributed by atoms with Crippen molar-refractivity contribution in [2.75, 3.05) is 0 Å². The first kappa shape index (κ1) is 10.6. The Morgan fingerprint density at radius 1 is 1.33 bits per heavy atom. The van der Waals surface area contributed by atoms with Gasteiger partial charge in [-0.05, 0) is 34.1 Å². The van der Waals surface area contributed by atoms with Gasteiger partial charge < -0.3 is 5.11 Å². The van der Waals surface area contributed by atoms with Crippen molar-refractivity contribution in [1.29, 1.82) is 0 Å². The average molecular weight is 331 g/mol. The Kier molecular flexibility index (Phi) is 3.01. The summed E-state index contributed by atoms with van der Waals surface area (Å²) in [5, 5.41) is 8.89. The van der Waals surface area contributed by atoms with Crippen LogP contribution in [0.25, 0.3) is 11.3 Å². The first-order valence-corrected chi connectivity index (χ1v) is 5.99. The number of halogens is 1. The molecule has 2 rings (SSSR count). The normalized spacial score (nSPS) is 10.2. The fraction of sp³-hybridized carbons (Fsp3) is 0. The Hall–Kier alpha value is -0.950. The fourth-order valence-electron chi connectivity index (χ4n) is 1.19. The Balaban J connectivity index is 2.52. The summed E-state index contributed by atoms with van der Waals surface area (Å²) in [5.74, 6) is -0.918. The highest BCUT2D eigenvalue weighted by Crippen LogP contribution is 2.29. The lowest BCUT2D eigenvalue weighted by Crippen LogP contribution is -1.94. The maximum Gasteiger partial charge on any atom is 0.348 e. The lowest BCUT2D eigenvalue weighted by atomic mass is 10.1. The van der Waals surface area contributed by atoms with Gasteiger partial charge in [-0.2, -0.15) is 4.37 Å². The van der Waals surface area contributed by atoms with E-state index in [4.69, 9.17) is 5.11 Å². The number of rotatable bonds is 2. The number of hydrogen-bond acceptors (Lipinski definition) is 3. The van der Waals surface area contributed by atoms with Crippen molar-refractivity contribution in [3.63, 3.8) is 0 Å². The molecule has 76 valence electrons. The molecule has 0 aliphatic rings. The minimum Gasteiger partial charge on any atom is -0.477 e. The van der Waals surface area contributed by atoms with E-state index in [0.29, 0.717) is 8.45 Å². The summed E-state index contributed by atoms with van der Waals surface area (Å²) < 4.78 is 4.87. The van der Waals surface area contributed by atoms with E-state index in [-0.39, 0.29) is 0 Å². The molecule has 0 fully saturated rings. The molecule has 1 aromatic carbocycles. The Bertz CT molecular complexity index is 495. The molecule has 0 saturated heterocycles. The lowest BCUT2D eigenvalue weighted by molar-refractivity contribution is 0.0701. The molecule has 1 heterocycles. The Labute approximate surface area is 104 Å². The molecule has 0 bridgehead atoms. The predicted molar refractivity (Wildman–Crippen MR) is 67.2 cm³/mol. The van der Waals surface area contributed by atoms with E-state index in [2.05, 4.69) is 4.37 Å². The standard InChI is InChI=1S/C10H6INO2S/c11-7-8(6-4-2-1-3-5-6)12-15-9(7)10(13)14/h1-5H,(H,13,14). The molecule has 0 aliphatic heterocycles. The summed E-state index contributed by atoms with van der Waals surface area (Å²) in [7, 11) is 0. The molecule has 0 amide bonds. The summed E-state index contributed by atoms with van der Waals surface area (Å²) in [6, 6.07) is 9.57. The second kappa shape index (κ2) is 4.28. The second-order valence-corrected chi connectivity index (χ2v) is 4.70. The molecule has 0 radical (unpaired) electrons. The van der Waals surface area contributed by atoms with Gasteiger partial charge in [0.1, 0.15) is 4.88 Å². The number of aromatic nitrogens is 1. The summed E-state index contributed by atoms with van der Waals surface area (Å²) in [6.07, 6.45) is 0. The highest BCUT2D eigenvalue weighted by molar-refractivity contribution is 14.1. The maximum atomic E-state index is 10.8. The van der Waals surface area contributed by atoms with Crippen molar-refractivity contribution >= 4 is 40.1 Å². The van der Waals surface area contributed by atoms with Crippen LogP contribution in [0.2, 0.25) is 0 Å². The highest BCUT2D eigenvalue weighted by Gasteiger charge is 2.17. The monoisotopic (exact) mass is 331 g/mol. The highest BCUT2D eigenvalue weighted by atomic mass is 127. The van der Waals surface area contributed by atoms with Crippen LogP contribution in [-0.4, -0.2) is 15.4 Å². The van der Waals surface area contributed by atoms with Crippen molar-refractivity contribution in [2.24, 2.45) is 0 Å². The van der Waals surface area contributed by atoms with Gasteiger partial charge in [0.05, 0.1) is 9.26 Å². The maximum absolute atomic E-state index is 10.8. The molecule has 1 N–H and O–H groups in total. The summed E-state index contributed by atoms with van der Waals surface area (Å²) in [4.78, 5) is 11.1. The van der Waals surface area contributed by atoms with Crippen molar-refractivity contribution in [2.45, 2.75) is 0 Å². The third-order valence-electron chi connectivity index (χ3n) is 1.88. The molecule has 2 aromatic rings. The van der Waals surface area contributed by atoms with E-state index in [1.165, 1.54) is 0 Å². The van der Waals surface area contributed by atoms with Crippen molar-refractivity contribution in [3.8, 4) is 11.3 Å². The van der Waals surface area contributed by atoms with E-state index in [1.807, 2.05) is 52.9 Å². The van der Waals surface area contributed by atoms with Gasteiger partial charge in [-0.3, -0.25) is 0 Å². The second-order valence-electron chi connectivity index (χ2n) is 2.85. The van der Waals surface area contributed by atoms with Crippen LogP contribution in [0.15, 0.2) is 30.3 Å². The molecule has 0 saturated carbocycles. The number of hydrogen-bond donors (Lipinski definition) is 1. The molecule has 5 heteroatoms. The molecule has 0 aliphatic carbocycles. The quantitative estimate of drug-likeness (QED) is 0.861. The SMILES string of the molecule is O=C(O)c1snc(-c2ccccc2)c1I. The number of carbonyl (C=O) groups is 1. The Morgan fingerprint density at radius 3 is 2.53 bits per heavy atom. The zero-order chi connectivity index (χ0) is 10.8. The van der Waals surface area contributed by atoms with Gasteiger partial charge in [-0.15, -0.1) is 0 Å². The smallest absolute Gasteiger partial charge is 0.348 e. The molecule has 3 nitrogen and oxygen atoms in total. The van der Waals surface area contributed by atoms with Crippen molar-refractivity contribution in [3.05, 3.63) is 38.8 Å². The number of carboxylic acids is 1. The number of benzene rings is 1. The summed E-state index contributed by atoms with van der Waals surface area (Å²) >= 11 is 3.04. The molecule has 0 spiro atoms. The zero-order valence-electron chi connectivity index (χ0n) is 7.48. The number of aromatic carboxylic acids is 1. The van der Waals surface area contributed by atoms with Crippen LogP contribution >= 0.6 is 34.1 Å². The zero-order valence-corrected chi connectivity index (χ0v) is 10.4. The summed E-state index contributed by atoms with van der Waals surface area (Å²) in [5.41, 5.74) is 1.70. The van der Waals surface area contributed by atoms with E-state index in [1.54, 1.807) is 0 Å². The largest absolute Gasteiger partial charge is 0.477 e. The molecular weight excluding hydrogens is 325 g/mol. The van der Waals surface area contributed by atoms with Crippen LogP contribution in [0.5, 0.6) is 0 Å². The number of nitrogens with zero attached hydrogens (tertiary/aromatic N) is 1. The van der Waals surface area contributed by atoms with Gasteiger partial charge in [-0.25, -0.2) is 4.79 Å². The Morgan fingerprint density at radius 2 is 2.00 bits per heavy atom. The van der Waals surface area contributed by atoms with Gasteiger partial charge in [0, 0.05) is 5.56 Å². The van der Waals surface area contributed by atoms with Gasteiger partial charge in [0.15, 0.2) is 0 Å². The molecule has 1 aromatic heterocycles. The summed E-state index contributed by atoms with van der Waals surface area (Å²) in [6.45, 7) is 0. The minimum atomic E-state index is -0.918. The number of carboxylic acid groups (broad SMARTS) is 1. The van der Waals surface area contributed by atoms with Crippen LogP contribution in [0.3, 0.4) is 0 Å². The predicted octanol–water partition coefficient (Wildman–Crippen LogP) is 3.11. The van der Waals surface area contributed by atoms with E-state index in [0.717, 1.165) is 22.8 Å². The van der Waals surface area contributed by atoms with Crippen LogP contribution in [-0.2, 0) is 0 Å². The minimum absolute atomic E-state index is 0.300. The molecule has 0 atom stereocenters. The van der Waals surface area contributed by atoms with Crippen molar-refractivity contribution < 1.29 is 9.90 Å². The first-order chi connectivity index (χ1) is 7.20. The first-order valence-electron chi connectivity index (χ1n) is 4.14. The van der Waals surface area contributed by atoms with Crippen molar-refractivity contribution in [1.82, 2.24) is 4.37 Å². The van der Waals surface area contributed by atoms with E-state index < -0.39 is 5.97 Å². The van der Waals surface area contributed by atoms with E-state index in [9.17, 15) is 4.79 Å². The fourth-order valence-corrected chi connectivity index (χ4v) is 2.94. The van der Waals surface area contributed by atoms with Gasteiger partial charge >= 0.3 is 5.97 Å². The lowest BCUT2D eigenvalue weighted by Gasteiger charge is -1.96. The van der Waals surface area contributed by atoms with Crippen LogP contribution in [0.1, 0.15) is 9.67 Å². The van der Waals surface area contributed by atoms with Gasteiger partial charge in [0.25, 0.3) is 0 Å². The van der Waals surface area contributed by atoms with Crippen LogP contribution < -0.4 is 0 Å². The van der Waals surface area contributed by atoms with Gasteiger partial charge in [-0.1, -0.05) is 30.3 Å².